The molecule has 0 aromatic carbocycles. The van der Waals surface area contributed by atoms with Crippen LogP contribution in [0, 0.1) is 17.8 Å². The molecule has 4 nitrogen and oxygen atoms in total. The molecule has 2 aliphatic heterocycles. The lowest BCUT2D eigenvalue weighted by atomic mass is 9.79. The Kier molecular flexibility index (Phi) is 4.12. The molecule has 1 amide bonds. The second-order valence-corrected chi connectivity index (χ2v) is 7.50. The van der Waals surface area contributed by atoms with E-state index in [1.165, 1.54) is 0 Å². The summed E-state index contributed by atoms with van der Waals surface area (Å²) in [4.78, 5) is 26.5. The molecule has 0 unspecified atom stereocenters. The molecule has 114 valence electrons. The van der Waals surface area contributed by atoms with Gasteiger partial charge >= 0.3 is 6.09 Å². The summed E-state index contributed by atoms with van der Waals surface area (Å²) in [5.41, 5.74) is -0.490. The Balaban J connectivity index is 2.24. The fraction of sp³-hybridized carbons (Fsp3) is 0.875. The van der Waals surface area contributed by atoms with Crippen LogP contribution in [-0.4, -0.2) is 35.0 Å². The van der Waals surface area contributed by atoms with E-state index in [0.29, 0.717) is 30.6 Å². The molecule has 4 atom stereocenters. The van der Waals surface area contributed by atoms with Crippen LogP contribution in [0.2, 0.25) is 0 Å². The number of hydrogen-bond acceptors (Lipinski definition) is 3. The molecule has 2 fully saturated rings. The van der Waals surface area contributed by atoms with Crippen LogP contribution in [0.25, 0.3) is 0 Å². The molecule has 0 aromatic rings. The average molecular weight is 281 g/mol. The van der Waals surface area contributed by atoms with Crippen molar-refractivity contribution in [2.45, 2.75) is 65.5 Å². The lowest BCUT2D eigenvalue weighted by molar-refractivity contribution is -0.124. The second kappa shape index (κ2) is 5.38. The maximum Gasteiger partial charge on any atom is 0.410 e. The van der Waals surface area contributed by atoms with Gasteiger partial charge in [0.2, 0.25) is 0 Å². The highest BCUT2D eigenvalue weighted by Crippen LogP contribution is 2.37. The smallest absolute Gasteiger partial charge is 0.410 e. The molecule has 20 heavy (non-hydrogen) atoms. The Hall–Kier alpha value is -1.06. The zero-order valence-corrected chi connectivity index (χ0v) is 13.3. The van der Waals surface area contributed by atoms with Gasteiger partial charge in [-0.3, -0.25) is 4.79 Å². The first-order valence-electron chi connectivity index (χ1n) is 7.71. The first-order valence-corrected chi connectivity index (χ1v) is 7.71. The van der Waals surface area contributed by atoms with Crippen molar-refractivity contribution in [2.75, 3.05) is 6.54 Å². The zero-order chi connectivity index (χ0) is 15.1. The van der Waals surface area contributed by atoms with Crippen molar-refractivity contribution in [2.24, 2.45) is 17.8 Å². The number of nitrogens with zero attached hydrogens (tertiary/aromatic N) is 1. The first-order chi connectivity index (χ1) is 9.19. The number of Topliss-reactive ketones (excluding diaryl/α,β-unsaturated/α-hetero) is 1. The summed E-state index contributed by atoms with van der Waals surface area (Å²) in [5.74, 6) is 1.08. The topological polar surface area (TPSA) is 46.6 Å². The predicted molar refractivity (Wildman–Crippen MR) is 77.4 cm³/mol. The van der Waals surface area contributed by atoms with Crippen molar-refractivity contribution in [3.05, 3.63) is 0 Å². The van der Waals surface area contributed by atoms with Crippen LogP contribution in [0.5, 0.6) is 0 Å². The van der Waals surface area contributed by atoms with Gasteiger partial charge in [-0.05, 0) is 45.4 Å². The quantitative estimate of drug-likeness (QED) is 0.684. The van der Waals surface area contributed by atoms with E-state index < -0.39 is 5.60 Å². The highest BCUT2D eigenvalue weighted by molar-refractivity contribution is 5.83. The minimum Gasteiger partial charge on any atom is -0.444 e. The van der Waals surface area contributed by atoms with E-state index in [0.717, 1.165) is 12.8 Å². The fourth-order valence-corrected chi connectivity index (χ4v) is 3.61. The number of carbonyl (C=O) groups is 2. The molecule has 2 saturated heterocycles. The van der Waals surface area contributed by atoms with Crippen LogP contribution in [0.3, 0.4) is 0 Å². The summed E-state index contributed by atoms with van der Waals surface area (Å²) in [5, 5.41) is 0. The number of ketones is 1. The summed E-state index contributed by atoms with van der Waals surface area (Å²) in [6.07, 6.45) is 2.13. The third kappa shape index (κ3) is 3.15. The van der Waals surface area contributed by atoms with Crippen LogP contribution >= 0.6 is 0 Å². The molecular formula is C16H27NO3. The summed E-state index contributed by atoms with van der Waals surface area (Å²) in [6, 6.07) is 0.142. The van der Waals surface area contributed by atoms with E-state index in [9.17, 15) is 9.59 Å². The van der Waals surface area contributed by atoms with Crippen molar-refractivity contribution < 1.29 is 14.3 Å². The van der Waals surface area contributed by atoms with E-state index in [1.807, 2.05) is 25.7 Å². The number of carbonyl (C=O) groups excluding carboxylic acids is 2. The number of rotatable bonds is 0. The second-order valence-electron chi connectivity index (χ2n) is 7.50. The van der Waals surface area contributed by atoms with Crippen molar-refractivity contribution in [1.29, 1.82) is 0 Å². The predicted octanol–water partition coefficient (Wildman–Crippen LogP) is 3.25. The lowest BCUT2D eigenvalue weighted by Crippen LogP contribution is -2.45. The zero-order valence-electron chi connectivity index (χ0n) is 13.3. The highest BCUT2D eigenvalue weighted by atomic mass is 16.6. The minimum absolute atomic E-state index is 0.0162. The van der Waals surface area contributed by atoms with Gasteiger partial charge in [-0.2, -0.15) is 0 Å². The van der Waals surface area contributed by atoms with E-state index in [4.69, 9.17) is 4.74 Å². The van der Waals surface area contributed by atoms with Gasteiger partial charge in [0.25, 0.3) is 0 Å². The van der Waals surface area contributed by atoms with Crippen molar-refractivity contribution in [3.8, 4) is 0 Å². The summed E-state index contributed by atoms with van der Waals surface area (Å²) in [6.45, 7) is 10.5. The molecule has 2 aliphatic rings. The van der Waals surface area contributed by atoms with Crippen molar-refractivity contribution in [3.63, 3.8) is 0 Å². The Morgan fingerprint density at radius 2 is 1.90 bits per heavy atom. The van der Waals surface area contributed by atoms with Gasteiger partial charge in [-0.15, -0.1) is 0 Å². The third-order valence-corrected chi connectivity index (χ3v) is 4.61. The van der Waals surface area contributed by atoms with Crippen LogP contribution < -0.4 is 0 Å². The molecule has 0 aromatic heterocycles. The standard InChI is InChI=1S/C16H27NO3/c1-10-8-11(2)13-6-7-14(18)12(10)9-17(13)15(19)20-16(3,4)5/h10-13H,6-9H2,1-5H3/t10-,11+,12+,13-/m1/s1. The van der Waals surface area contributed by atoms with Gasteiger partial charge in [0.1, 0.15) is 11.4 Å². The molecule has 0 N–H and O–H groups in total. The Morgan fingerprint density at radius 1 is 1.25 bits per heavy atom. The van der Waals surface area contributed by atoms with E-state index >= 15 is 0 Å². The van der Waals surface area contributed by atoms with Gasteiger partial charge < -0.3 is 9.64 Å². The summed E-state index contributed by atoms with van der Waals surface area (Å²) >= 11 is 0. The van der Waals surface area contributed by atoms with Crippen LogP contribution in [0.4, 0.5) is 4.79 Å². The maximum atomic E-state index is 12.5. The summed E-state index contributed by atoms with van der Waals surface area (Å²) in [7, 11) is 0. The molecule has 4 heteroatoms. The average Bonchev–Trinajstić information content (AvgIpc) is 2.52. The maximum absolute atomic E-state index is 12.5. The number of hydrogen-bond donors (Lipinski definition) is 0. The number of ether oxygens (including phenoxy) is 1. The highest BCUT2D eigenvalue weighted by Gasteiger charge is 2.43. The van der Waals surface area contributed by atoms with Crippen LogP contribution in [0.1, 0.15) is 53.9 Å². The monoisotopic (exact) mass is 281 g/mol. The molecule has 0 radical (unpaired) electrons. The number of fused-ring (bicyclic) bond motifs is 3. The van der Waals surface area contributed by atoms with Gasteiger partial charge in [0.15, 0.2) is 0 Å². The largest absolute Gasteiger partial charge is 0.444 e. The Bertz CT molecular complexity index is 399. The molecule has 0 spiro atoms. The molecule has 0 aliphatic carbocycles. The molecule has 0 saturated carbocycles. The van der Waals surface area contributed by atoms with Gasteiger partial charge in [-0.1, -0.05) is 13.8 Å². The van der Waals surface area contributed by atoms with Crippen LogP contribution in [-0.2, 0) is 9.53 Å². The van der Waals surface area contributed by atoms with Crippen molar-refractivity contribution >= 4 is 11.9 Å². The van der Waals surface area contributed by atoms with E-state index in [-0.39, 0.29) is 18.1 Å². The molecule has 2 rings (SSSR count). The lowest BCUT2D eigenvalue weighted by Gasteiger charge is -2.34. The Labute approximate surface area is 121 Å². The minimum atomic E-state index is -0.490. The SMILES string of the molecule is C[C@@H]1C[C@H](C)[C@H]2CCC(=O)[C@H]1CN2C(=O)OC(C)(C)C. The van der Waals surface area contributed by atoms with E-state index in [2.05, 4.69) is 13.8 Å². The molecular weight excluding hydrogens is 254 g/mol. The van der Waals surface area contributed by atoms with Gasteiger partial charge in [0, 0.05) is 24.9 Å². The molecule has 2 heterocycles. The van der Waals surface area contributed by atoms with Gasteiger partial charge in [-0.25, -0.2) is 4.79 Å². The van der Waals surface area contributed by atoms with Gasteiger partial charge in [0.05, 0.1) is 0 Å². The normalized spacial score (nSPS) is 34.6. The Morgan fingerprint density at radius 3 is 2.50 bits per heavy atom. The summed E-state index contributed by atoms with van der Waals surface area (Å²) < 4.78 is 5.54. The number of amides is 1. The van der Waals surface area contributed by atoms with E-state index in [1.54, 1.807) is 0 Å². The fourth-order valence-electron chi connectivity index (χ4n) is 3.61. The van der Waals surface area contributed by atoms with Crippen LogP contribution in [0.15, 0.2) is 0 Å². The molecule has 2 bridgehead atoms. The first kappa shape index (κ1) is 15.3. The van der Waals surface area contributed by atoms with Crippen molar-refractivity contribution in [1.82, 2.24) is 4.90 Å². The third-order valence-electron chi connectivity index (χ3n) is 4.61.